The monoisotopic (exact) mass is 424 g/mol. The summed E-state index contributed by atoms with van der Waals surface area (Å²) in [6, 6.07) is 22.2. The first-order valence-electron chi connectivity index (χ1n) is 9.48. The number of carbonyl (C=O) groups excluding carboxylic acids is 1. The van der Waals surface area contributed by atoms with Crippen LogP contribution in [0.5, 0.6) is 5.75 Å². The quantitative estimate of drug-likeness (QED) is 0.594. The molecule has 0 spiro atoms. The Morgan fingerprint density at radius 2 is 1.57 bits per heavy atom. The zero-order chi connectivity index (χ0) is 21.6. The number of nitrogens with one attached hydrogen (secondary N) is 1. The summed E-state index contributed by atoms with van der Waals surface area (Å²) in [6.07, 6.45) is 0. The second kappa shape index (κ2) is 9.45. The van der Waals surface area contributed by atoms with Crippen molar-refractivity contribution in [2.45, 2.75) is 11.8 Å². The minimum atomic E-state index is -3.67. The van der Waals surface area contributed by atoms with Gasteiger partial charge in [0.15, 0.2) is 0 Å². The van der Waals surface area contributed by atoms with Gasteiger partial charge in [0.2, 0.25) is 0 Å². The van der Waals surface area contributed by atoms with Gasteiger partial charge in [-0.15, -0.1) is 0 Å². The molecule has 3 aromatic carbocycles. The summed E-state index contributed by atoms with van der Waals surface area (Å²) in [5, 5.41) is 0. The predicted molar refractivity (Wildman–Crippen MR) is 117 cm³/mol. The lowest BCUT2D eigenvalue weighted by Crippen LogP contribution is -2.30. The number of anilines is 1. The molecule has 0 fully saturated rings. The van der Waals surface area contributed by atoms with Gasteiger partial charge in [0.1, 0.15) is 12.4 Å². The summed E-state index contributed by atoms with van der Waals surface area (Å²) in [7, 11) is -1.96. The molecule has 0 radical (unpaired) electrons. The normalized spacial score (nSPS) is 11.0. The van der Waals surface area contributed by atoms with Crippen molar-refractivity contribution in [1.82, 2.24) is 4.90 Å². The molecule has 3 rings (SSSR count). The summed E-state index contributed by atoms with van der Waals surface area (Å²) in [5.74, 6) is 0.594. The van der Waals surface area contributed by atoms with E-state index in [0.717, 1.165) is 11.3 Å². The van der Waals surface area contributed by atoms with Crippen molar-refractivity contribution < 1.29 is 17.9 Å². The van der Waals surface area contributed by atoms with Crippen molar-refractivity contribution in [1.29, 1.82) is 0 Å². The van der Waals surface area contributed by atoms with Crippen LogP contribution in [0.2, 0.25) is 0 Å². The maximum Gasteiger partial charge on any atom is 0.261 e. The van der Waals surface area contributed by atoms with Gasteiger partial charge in [0, 0.05) is 18.3 Å². The molecule has 0 atom stereocenters. The summed E-state index contributed by atoms with van der Waals surface area (Å²) in [4.78, 5) is 14.3. The molecule has 0 saturated heterocycles. The topological polar surface area (TPSA) is 75.7 Å². The molecule has 0 aliphatic heterocycles. The largest absolute Gasteiger partial charge is 0.492 e. The first-order valence-corrected chi connectivity index (χ1v) is 11.0. The number of rotatable bonds is 8. The number of hydrogen-bond donors (Lipinski definition) is 1. The molecular formula is C23H24N2O4S. The van der Waals surface area contributed by atoms with Gasteiger partial charge in [-0.1, -0.05) is 35.9 Å². The van der Waals surface area contributed by atoms with Crippen LogP contribution < -0.4 is 9.46 Å². The van der Waals surface area contributed by atoms with E-state index >= 15 is 0 Å². The van der Waals surface area contributed by atoms with Crippen LogP contribution in [-0.2, 0) is 10.0 Å². The van der Waals surface area contributed by atoms with Crippen LogP contribution in [0.4, 0.5) is 5.69 Å². The van der Waals surface area contributed by atoms with E-state index in [0.29, 0.717) is 24.4 Å². The highest BCUT2D eigenvalue weighted by molar-refractivity contribution is 7.92. The maximum absolute atomic E-state index is 12.6. The summed E-state index contributed by atoms with van der Waals surface area (Å²) in [5.41, 5.74) is 2.01. The number of hydrogen-bond acceptors (Lipinski definition) is 4. The smallest absolute Gasteiger partial charge is 0.261 e. The minimum Gasteiger partial charge on any atom is -0.492 e. The molecular weight excluding hydrogens is 400 g/mol. The van der Waals surface area contributed by atoms with Gasteiger partial charge < -0.3 is 9.64 Å². The Balaban J connectivity index is 1.55. The number of sulfonamides is 1. The number of nitrogens with zero attached hydrogens (tertiary/aromatic N) is 1. The fourth-order valence-corrected chi connectivity index (χ4v) is 3.83. The van der Waals surface area contributed by atoms with Gasteiger partial charge >= 0.3 is 0 Å². The van der Waals surface area contributed by atoms with Crippen LogP contribution >= 0.6 is 0 Å². The lowest BCUT2D eigenvalue weighted by molar-refractivity contribution is 0.0774. The van der Waals surface area contributed by atoms with Crippen molar-refractivity contribution in [3.05, 3.63) is 90.0 Å². The van der Waals surface area contributed by atoms with E-state index in [1.807, 2.05) is 31.2 Å². The molecule has 0 aliphatic carbocycles. The van der Waals surface area contributed by atoms with E-state index in [2.05, 4.69) is 4.72 Å². The van der Waals surface area contributed by atoms with Crippen molar-refractivity contribution >= 4 is 21.6 Å². The van der Waals surface area contributed by atoms with Crippen LogP contribution in [0, 0.1) is 6.92 Å². The third-order valence-corrected chi connectivity index (χ3v) is 5.90. The average Bonchev–Trinajstić information content (AvgIpc) is 2.75. The zero-order valence-electron chi connectivity index (χ0n) is 16.9. The number of carbonyl (C=O) groups is 1. The van der Waals surface area contributed by atoms with E-state index < -0.39 is 10.0 Å². The standard InChI is InChI=1S/C23H24N2O4S/c1-18-8-14-21(15-9-18)29-17-16-25(2)23(26)19-10-12-20(13-11-19)24-30(27,28)22-6-4-3-5-7-22/h3-15,24H,16-17H2,1-2H3. The molecule has 3 aromatic rings. The molecule has 0 aliphatic rings. The van der Waals surface area contributed by atoms with Crippen molar-refractivity contribution in [2.24, 2.45) is 0 Å². The number of ether oxygens (including phenoxy) is 1. The third kappa shape index (κ3) is 5.61. The Kier molecular flexibility index (Phi) is 6.74. The Hall–Kier alpha value is -3.32. The lowest BCUT2D eigenvalue weighted by atomic mass is 10.2. The van der Waals surface area contributed by atoms with E-state index in [1.165, 1.54) is 12.1 Å². The fraction of sp³-hybridized carbons (Fsp3) is 0.174. The molecule has 6 nitrogen and oxygen atoms in total. The van der Waals surface area contributed by atoms with Gasteiger partial charge in [-0.05, 0) is 55.5 Å². The Morgan fingerprint density at radius 1 is 0.933 bits per heavy atom. The van der Waals surface area contributed by atoms with Gasteiger partial charge in [0.05, 0.1) is 11.4 Å². The first-order chi connectivity index (χ1) is 14.3. The minimum absolute atomic E-state index is 0.167. The number of benzene rings is 3. The number of aryl methyl sites for hydroxylation is 1. The van der Waals surface area contributed by atoms with Crippen molar-refractivity contribution in [3.8, 4) is 5.75 Å². The van der Waals surface area contributed by atoms with Crippen LogP contribution in [-0.4, -0.2) is 39.4 Å². The van der Waals surface area contributed by atoms with Gasteiger partial charge in [0.25, 0.3) is 15.9 Å². The Morgan fingerprint density at radius 3 is 2.20 bits per heavy atom. The lowest BCUT2D eigenvalue weighted by Gasteiger charge is -2.18. The van der Waals surface area contributed by atoms with Crippen LogP contribution in [0.1, 0.15) is 15.9 Å². The molecule has 1 N–H and O–H groups in total. The maximum atomic E-state index is 12.6. The molecule has 156 valence electrons. The van der Waals surface area contributed by atoms with Crippen LogP contribution in [0.25, 0.3) is 0 Å². The highest BCUT2D eigenvalue weighted by Crippen LogP contribution is 2.17. The van der Waals surface area contributed by atoms with Crippen LogP contribution in [0.3, 0.4) is 0 Å². The van der Waals surface area contributed by atoms with E-state index in [1.54, 1.807) is 54.4 Å². The summed E-state index contributed by atoms with van der Waals surface area (Å²) < 4.78 is 32.9. The SMILES string of the molecule is Cc1ccc(OCCN(C)C(=O)c2ccc(NS(=O)(=O)c3ccccc3)cc2)cc1. The highest BCUT2D eigenvalue weighted by Gasteiger charge is 2.15. The second-order valence-electron chi connectivity index (χ2n) is 6.88. The highest BCUT2D eigenvalue weighted by atomic mass is 32.2. The van der Waals surface area contributed by atoms with E-state index in [-0.39, 0.29) is 10.8 Å². The fourth-order valence-electron chi connectivity index (χ4n) is 2.75. The van der Waals surface area contributed by atoms with E-state index in [9.17, 15) is 13.2 Å². The molecule has 0 bridgehead atoms. The summed E-state index contributed by atoms with van der Waals surface area (Å²) in [6.45, 7) is 2.81. The third-order valence-electron chi connectivity index (χ3n) is 4.50. The molecule has 0 aromatic heterocycles. The van der Waals surface area contributed by atoms with E-state index in [4.69, 9.17) is 4.74 Å². The van der Waals surface area contributed by atoms with Crippen LogP contribution in [0.15, 0.2) is 83.8 Å². The zero-order valence-corrected chi connectivity index (χ0v) is 17.7. The first kappa shape index (κ1) is 21.4. The molecule has 30 heavy (non-hydrogen) atoms. The molecule has 0 unspecified atom stereocenters. The van der Waals surface area contributed by atoms with Crippen molar-refractivity contribution in [3.63, 3.8) is 0 Å². The average molecular weight is 425 g/mol. The van der Waals surface area contributed by atoms with Crippen molar-refractivity contribution in [2.75, 3.05) is 24.9 Å². The van der Waals surface area contributed by atoms with Gasteiger partial charge in [-0.2, -0.15) is 0 Å². The van der Waals surface area contributed by atoms with Gasteiger partial charge in [-0.3, -0.25) is 9.52 Å². The second-order valence-corrected chi connectivity index (χ2v) is 8.57. The Labute approximate surface area is 177 Å². The van der Waals surface area contributed by atoms with Gasteiger partial charge in [-0.25, -0.2) is 8.42 Å². The Bertz CT molecular complexity index is 1080. The molecule has 7 heteroatoms. The predicted octanol–water partition coefficient (Wildman–Crippen LogP) is 3.95. The number of amides is 1. The molecule has 0 saturated carbocycles. The molecule has 0 heterocycles. The summed E-state index contributed by atoms with van der Waals surface area (Å²) >= 11 is 0. The molecule has 1 amide bonds. The number of likely N-dealkylation sites (N-methyl/N-ethyl adjacent to an activating group) is 1.